The molecule has 1 unspecified atom stereocenters. The summed E-state index contributed by atoms with van der Waals surface area (Å²) in [4.78, 5) is 8.79. The van der Waals surface area contributed by atoms with Gasteiger partial charge in [0.2, 0.25) is 0 Å². The standard InChI is InChI=1S/C19H28N4S.HI/c1-14-7-9-17(10-8-14)15(2)12-22-19(20-4)21-11-5-6-18-23-16(3)13-24-18;/h7-10,13,15H,5-6,11-12H2,1-4H3,(H2,20,21,22);1H. The van der Waals surface area contributed by atoms with Crippen LogP contribution in [0.25, 0.3) is 0 Å². The Morgan fingerprint density at radius 2 is 1.92 bits per heavy atom. The molecule has 2 aromatic rings. The van der Waals surface area contributed by atoms with Gasteiger partial charge in [0.1, 0.15) is 0 Å². The first kappa shape index (κ1) is 21.9. The molecule has 0 spiro atoms. The van der Waals surface area contributed by atoms with Gasteiger partial charge in [-0.1, -0.05) is 36.8 Å². The van der Waals surface area contributed by atoms with Crippen LogP contribution >= 0.6 is 35.3 Å². The fourth-order valence-corrected chi connectivity index (χ4v) is 3.27. The number of benzene rings is 1. The summed E-state index contributed by atoms with van der Waals surface area (Å²) < 4.78 is 0. The number of aryl methyl sites for hydroxylation is 3. The molecule has 1 heterocycles. The van der Waals surface area contributed by atoms with E-state index in [0.29, 0.717) is 5.92 Å². The zero-order valence-electron chi connectivity index (χ0n) is 15.5. The van der Waals surface area contributed by atoms with Crippen LogP contribution in [0.1, 0.15) is 41.1 Å². The Balaban J connectivity index is 0.00000312. The fourth-order valence-electron chi connectivity index (χ4n) is 2.45. The van der Waals surface area contributed by atoms with Crippen LogP contribution in [-0.4, -0.2) is 31.1 Å². The van der Waals surface area contributed by atoms with Gasteiger partial charge in [0.15, 0.2) is 5.96 Å². The van der Waals surface area contributed by atoms with E-state index in [2.05, 4.69) is 64.1 Å². The van der Waals surface area contributed by atoms with E-state index in [1.165, 1.54) is 16.1 Å². The summed E-state index contributed by atoms with van der Waals surface area (Å²) in [6.07, 6.45) is 2.07. The van der Waals surface area contributed by atoms with Gasteiger partial charge in [0.25, 0.3) is 0 Å². The van der Waals surface area contributed by atoms with Gasteiger partial charge < -0.3 is 10.6 Å². The monoisotopic (exact) mass is 472 g/mol. The van der Waals surface area contributed by atoms with Gasteiger partial charge in [0, 0.05) is 37.6 Å². The Morgan fingerprint density at radius 1 is 1.20 bits per heavy atom. The van der Waals surface area contributed by atoms with Crippen molar-refractivity contribution in [3.05, 3.63) is 51.5 Å². The molecule has 0 aliphatic carbocycles. The van der Waals surface area contributed by atoms with Crippen molar-refractivity contribution < 1.29 is 0 Å². The maximum absolute atomic E-state index is 4.49. The van der Waals surface area contributed by atoms with E-state index in [4.69, 9.17) is 0 Å². The number of nitrogens with zero attached hydrogens (tertiary/aromatic N) is 2. The Bertz CT molecular complexity index is 652. The van der Waals surface area contributed by atoms with E-state index in [9.17, 15) is 0 Å². The molecule has 0 radical (unpaired) electrons. The maximum Gasteiger partial charge on any atom is 0.190 e. The molecule has 0 saturated heterocycles. The van der Waals surface area contributed by atoms with Gasteiger partial charge in [-0.25, -0.2) is 4.98 Å². The summed E-state index contributed by atoms with van der Waals surface area (Å²) >= 11 is 1.74. The number of thiazole rings is 1. The van der Waals surface area contributed by atoms with Crippen molar-refractivity contribution >= 4 is 41.3 Å². The molecular weight excluding hydrogens is 443 g/mol. The molecule has 0 fully saturated rings. The highest BCUT2D eigenvalue weighted by Gasteiger charge is 2.06. The highest BCUT2D eigenvalue weighted by Crippen LogP contribution is 2.14. The first-order valence-electron chi connectivity index (χ1n) is 8.50. The highest BCUT2D eigenvalue weighted by molar-refractivity contribution is 14.0. The van der Waals surface area contributed by atoms with Gasteiger partial charge >= 0.3 is 0 Å². The lowest BCUT2D eigenvalue weighted by Crippen LogP contribution is -2.39. The van der Waals surface area contributed by atoms with Gasteiger partial charge in [-0.05, 0) is 31.7 Å². The van der Waals surface area contributed by atoms with E-state index in [0.717, 1.165) is 37.6 Å². The predicted molar refractivity (Wildman–Crippen MR) is 120 cm³/mol. The zero-order chi connectivity index (χ0) is 17.4. The molecule has 1 atom stereocenters. The van der Waals surface area contributed by atoms with Crippen molar-refractivity contribution in [3.63, 3.8) is 0 Å². The van der Waals surface area contributed by atoms with Crippen molar-refractivity contribution in [2.45, 2.75) is 39.5 Å². The summed E-state index contributed by atoms with van der Waals surface area (Å²) in [5.74, 6) is 1.31. The van der Waals surface area contributed by atoms with Crippen molar-refractivity contribution in [2.75, 3.05) is 20.1 Å². The second kappa shape index (κ2) is 11.5. The molecule has 1 aromatic carbocycles. The minimum absolute atomic E-state index is 0. The van der Waals surface area contributed by atoms with Crippen LogP contribution in [-0.2, 0) is 6.42 Å². The van der Waals surface area contributed by atoms with Crippen molar-refractivity contribution in [2.24, 2.45) is 4.99 Å². The van der Waals surface area contributed by atoms with Crippen LogP contribution in [0.2, 0.25) is 0 Å². The Kier molecular flexibility index (Phi) is 10.0. The fraction of sp³-hybridized carbons (Fsp3) is 0.474. The van der Waals surface area contributed by atoms with Crippen LogP contribution in [0.5, 0.6) is 0 Å². The number of halogens is 1. The number of nitrogens with one attached hydrogen (secondary N) is 2. The van der Waals surface area contributed by atoms with Crippen LogP contribution < -0.4 is 10.6 Å². The predicted octanol–water partition coefficient (Wildman–Crippen LogP) is 4.28. The SMILES string of the molecule is CN=C(NCCCc1nc(C)cs1)NCC(C)c1ccc(C)cc1.I. The lowest BCUT2D eigenvalue weighted by molar-refractivity contribution is 0.687. The van der Waals surface area contributed by atoms with E-state index >= 15 is 0 Å². The van der Waals surface area contributed by atoms with E-state index in [1.807, 2.05) is 14.0 Å². The van der Waals surface area contributed by atoms with Crippen molar-refractivity contribution in [1.29, 1.82) is 0 Å². The molecule has 0 bridgehead atoms. The summed E-state index contributed by atoms with van der Waals surface area (Å²) in [6, 6.07) is 8.74. The third-order valence-corrected chi connectivity index (χ3v) is 5.00. The second-order valence-corrected chi connectivity index (χ2v) is 7.12. The average molecular weight is 472 g/mol. The van der Waals surface area contributed by atoms with Crippen molar-refractivity contribution in [3.8, 4) is 0 Å². The van der Waals surface area contributed by atoms with E-state index < -0.39 is 0 Å². The number of rotatable bonds is 7. The average Bonchev–Trinajstić information content (AvgIpc) is 3.00. The van der Waals surface area contributed by atoms with Gasteiger partial charge in [-0.3, -0.25) is 4.99 Å². The number of aromatic nitrogens is 1. The summed E-state index contributed by atoms with van der Waals surface area (Å²) in [5.41, 5.74) is 3.76. The molecule has 25 heavy (non-hydrogen) atoms. The van der Waals surface area contributed by atoms with Crippen LogP contribution in [0, 0.1) is 13.8 Å². The van der Waals surface area contributed by atoms with Gasteiger partial charge in [-0.15, -0.1) is 35.3 Å². The number of hydrogen-bond acceptors (Lipinski definition) is 3. The highest BCUT2D eigenvalue weighted by atomic mass is 127. The summed E-state index contributed by atoms with van der Waals surface area (Å²) in [7, 11) is 1.82. The normalized spacial score (nSPS) is 12.4. The largest absolute Gasteiger partial charge is 0.356 e. The van der Waals surface area contributed by atoms with Gasteiger partial charge in [0.05, 0.1) is 5.01 Å². The quantitative estimate of drug-likeness (QED) is 0.274. The Morgan fingerprint density at radius 3 is 2.52 bits per heavy atom. The van der Waals surface area contributed by atoms with Crippen LogP contribution in [0.3, 0.4) is 0 Å². The Labute approximate surface area is 172 Å². The molecule has 4 nitrogen and oxygen atoms in total. The molecule has 1 aromatic heterocycles. The molecule has 0 aliphatic heterocycles. The van der Waals surface area contributed by atoms with Gasteiger partial charge in [-0.2, -0.15) is 0 Å². The number of hydrogen-bond donors (Lipinski definition) is 2. The Hall–Kier alpha value is -1.15. The smallest absolute Gasteiger partial charge is 0.190 e. The third-order valence-electron chi connectivity index (χ3n) is 3.97. The summed E-state index contributed by atoms with van der Waals surface area (Å²) in [6.45, 7) is 8.16. The first-order chi connectivity index (χ1) is 11.6. The minimum atomic E-state index is 0. The second-order valence-electron chi connectivity index (χ2n) is 6.18. The molecule has 2 N–H and O–H groups in total. The molecule has 6 heteroatoms. The zero-order valence-corrected chi connectivity index (χ0v) is 18.7. The maximum atomic E-state index is 4.49. The minimum Gasteiger partial charge on any atom is -0.356 e. The van der Waals surface area contributed by atoms with Crippen LogP contribution in [0.15, 0.2) is 34.6 Å². The molecule has 0 amide bonds. The lowest BCUT2D eigenvalue weighted by atomic mass is 10.0. The molecule has 138 valence electrons. The van der Waals surface area contributed by atoms with E-state index in [-0.39, 0.29) is 24.0 Å². The van der Waals surface area contributed by atoms with E-state index in [1.54, 1.807) is 11.3 Å². The molecule has 0 aliphatic rings. The van der Waals surface area contributed by atoms with Crippen molar-refractivity contribution in [1.82, 2.24) is 15.6 Å². The lowest BCUT2D eigenvalue weighted by Gasteiger charge is -2.16. The topological polar surface area (TPSA) is 49.3 Å². The number of aliphatic imine (C=N–C) groups is 1. The molecule has 0 saturated carbocycles. The first-order valence-corrected chi connectivity index (χ1v) is 9.38. The number of guanidine groups is 1. The third kappa shape index (κ3) is 7.73. The summed E-state index contributed by atoms with van der Waals surface area (Å²) in [5, 5.41) is 10.1. The molecule has 2 rings (SSSR count). The molecular formula is C19H29IN4S. The van der Waals surface area contributed by atoms with Crippen LogP contribution in [0.4, 0.5) is 0 Å².